The summed E-state index contributed by atoms with van der Waals surface area (Å²) in [4.78, 5) is 4.62. The molecular weight excluding hydrogens is 370 g/mol. The molecule has 0 aliphatic carbocycles. The largest absolute Gasteiger partial charge is 0.253 e. The molecule has 0 atom stereocenters. The Hall–Kier alpha value is -4.12. The minimum absolute atomic E-state index is 0.592. The second kappa shape index (κ2) is 7.72. The first-order valence-electron chi connectivity index (χ1n) is 9.76. The number of nitrogens with zero attached hydrogens (tertiary/aromatic N) is 4. The van der Waals surface area contributed by atoms with E-state index < -0.39 is 0 Å². The van der Waals surface area contributed by atoms with E-state index in [1.165, 1.54) is 5.56 Å². The first kappa shape index (κ1) is 17.9. The van der Waals surface area contributed by atoms with Crippen LogP contribution in [0.1, 0.15) is 16.8 Å². The lowest BCUT2D eigenvalue weighted by Gasteiger charge is -2.07. The minimum Gasteiger partial charge on any atom is -0.253 e. The van der Waals surface area contributed by atoms with Gasteiger partial charge in [-0.15, -0.1) is 10.2 Å². The normalized spacial score (nSPS) is 11.4. The molecule has 0 radical (unpaired) electrons. The Balaban J connectivity index is 1.46. The van der Waals surface area contributed by atoms with E-state index in [2.05, 4.69) is 86.3 Å². The molecule has 5 rings (SSSR count). The Morgan fingerprint density at radius 3 is 2.37 bits per heavy atom. The molecular formula is C25H19N5. The number of aromatic amines is 1. The SMILES string of the molecule is Cc1cc(/C=C\c2ccc(-c3ccccc3-c3nn[nH]n3)cc2)c2ccccc2n1. The van der Waals surface area contributed by atoms with E-state index in [-0.39, 0.29) is 0 Å². The van der Waals surface area contributed by atoms with Crippen molar-refractivity contribution in [3.8, 4) is 22.5 Å². The number of para-hydroxylation sites is 1. The van der Waals surface area contributed by atoms with Crippen molar-refractivity contribution in [2.24, 2.45) is 0 Å². The van der Waals surface area contributed by atoms with Crippen molar-refractivity contribution in [1.82, 2.24) is 25.6 Å². The van der Waals surface area contributed by atoms with Crippen LogP contribution in [0.2, 0.25) is 0 Å². The van der Waals surface area contributed by atoms with Crippen molar-refractivity contribution >= 4 is 23.1 Å². The highest BCUT2D eigenvalue weighted by atomic mass is 15.5. The van der Waals surface area contributed by atoms with Gasteiger partial charge < -0.3 is 0 Å². The lowest BCUT2D eigenvalue weighted by molar-refractivity contribution is 0.881. The number of nitrogens with one attached hydrogen (secondary N) is 1. The average molecular weight is 389 g/mol. The number of tetrazole rings is 1. The van der Waals surface area contributed by atoms with E-state index in [0.717, 1.165) is 38.9 Å². The molecule has 0 unspecified atom stereocenters. The molecule has 0 aliphatic rings. The topological polar surface area (TPSA) is 67.3 Å². The van der Waals surface area contributed by atoms with Crippen LogP contribution in [-0.4, -0.2) is 25.6 Å². The van der Waals surface area contributed by atoms with Crippen LogP contribution in [0, 0.1) is 6.92 Å². The van der Waals surface area contributed by atoms with Crippen LogP contribution in [0.5, 0.6) is 0 Å². The summed E-state index contributed by atoms with van der Waals surface area (Å²) in [5, 5.41) is 15.6. The van der Waals surface area contributed by atoms with Gasteiger partial charge in [0.25, 0.3) is 0 Å². The Kier molecular flexibility index (Phi) is 4.62. The third-order valence-corrected chi connectivity index (χ3v) is 5.07. The molecule has 0 saturated heterocycles. The second-order valence-corrected chi connectivity index (χ2v) is 7.11. The lowest BCUT2D eigenvalue weighted by atomic mass is 9.98. The van der Waals surface area contributed by atoms with Crippen molar-refractivity contribution in [2.45, 2.75) is 6.92 Å². The molecule has 0 saturated carbocycles. The van der Waals surface area contributed by atoms with Gasteiger partial charge in [-0.1, -0.05) is 78.9 Å². The van der Waals surface area contributed by atoms with Crippen molar-refractivity contribution in [2.75, 3.05) is 0 Å². The second-order valence-electron chi connectivity index (χ2n) is 7.11. The molecule has 30 heavy (non-hydrogen) atoms. The van der Waals surface area contributed by atoms with Gasteiger partial charge in [-0.3, -0.25) is 4.98 Å². The fraction of sp³-hybridized carbons (Fsp3) is 0.0400. The van der Waals surface area contributed by atoms with Crippen LogP contribution in [-0.2, 0) is 0 Å². The summed E-state index contributed by atoms with van der Waals surface area (Å²) in [6.07, 6.45) is 4.29. The van der Waals surface area contributed by atoms with Gasteiger partial charge in [-0.05, 0) is 46.5 Å². The van der Waals surface area contributed by atoms with Gasteiger partial charge in [0.2, 0.25) is 5.82 Å². The molecule has 144 valence electrons. The Labute approximate surface area is 174 Å². The lowest BCUT2D eigenvalue weighted by Crippen LogP contribution is -1.88. The van der Waals surface area contributed by atoms with Crippen LogP contribution < -0.4 is 0 Å². The van der Waals surface area contributed by atoms with E-state index >= 15 is 0 Å². The summed E-state index contributed by atoms with van der Waals surface area (Å²) in [5.74, 6) is 0.592. The zero-order chi connectivity index (χ0) is 20.3. The van der Waals surface area contributed by atoms with Crippen molar-refractivity contribution in [3.05, 3.63) is 95.7 Å². The summed E-state index contributed by atoms with van der Waals surface area (Å²) >= 11 is 0. The highest BCUT2D eigenvalue weighted by Gasteiger charge is 2.10. The maximum absolute atomic E-state index is 4.62. The summed E-state index contributed by atoms with van der Waals surface area (Å²) in [6.45, 7) is 2.03. The predicted molar refractivity (Wildman–Crippen MR) is 120 cm³/mol. The zero-order valence-electron chi connectivity index (χ0n) is 16.4. The molecule has 5 heteroatoms. The quantitative estimate of drug-likeness (QED) is 0.437. The molecule has 0 aliphatic heterocycles. The summed E-state index contributed by atoms with van der Waals surface area (Å²) < 4.78 is 0. The smallest absolute Gasteiger partial charge is 0.205 e. The van der Waals surface area contributed by atoms with Crippen LogP contribution in [0.15, 0.2) is 78.9 Å². The molecule has 5 aromatic rings. The van der Waals surface area contributed by atoms with Crippen molar-refractivity contribution in [3.63, 3.8) is 0 Å². The molecule has 0 amide bonds. The molecule has 1 N–H and O–H groups in total. The van der Waals surface area contributed by atoms with E-state index in [9.17, 15) is 0 Å². The van der Waals surface area contributed by atoms with E-state index in [4.69, 9.17) is 0 Å². The number of hydrogen-bond acceptors (Lipinski definition) is 4. The van der Waals surface area contributed by atoms with Gasteiger partial charge in [0.05, 0.1) is 5.52 Å². The number of aromatic nitrogens is 5. The fourth-order valence-corrected chi connectivity index (χ4v) is 3.64. The van der Waals surface area contributed by atoms with Gasteiger partial charge in [0, 0.05) is 16.6 Å². The predicted octanol–water partition coefficient (Wildman–Crippen LogP) is 5.56. The standard InChI is InChI=1S/C25H19N5/c1-17-16-20(22-7-4-5-9-24(22)26-17)15-12-18-10-13-19(14-11-18)21-6-2-3-8-23(21)25-27-29-30-28-25/h2-16H,1H3,(H,27,28,29,30)/b15-12-. The molecule has 3 aromatic carbocycles. The minimum atomic E-state index is 0.592. The van der Waals surface area contributed by atoms with Crippen LogP contribution in [0.3, 0.4) is 0 Å². The van der Waals surface area contributed by atoms with E-state index in [0.29, 0.717) is 5.82 Å². The molecule has 0 bridgehead atoms. The summed E-state index contributed by atoms with van der Waals surface area (Å²) in [7, 11) is 0. The van der Waals surface area contributed by atoms with Gasteiger partial charge in [0.1, 0.15) is 0 Å². The average Bonchev–Trinajstić information content (AvgIpc) is 3.33. The summed E-state index contributed by atoms with van der Waals surface area (Å²) in [6, 6.07) is 26.9. The maximum atomic E-state index is 4.62. The highest BCUT2D eigenvalue weighted by Crippen LogP contribution is 2.30. The third kappa shape index (κ3) is 3.49. The first-order chi connectivity index (χ1) is 14.8. The molecule has 0 spiro atoms. The van der Waals surface area contributed by atoms with E-state index in [1.54, 1.807) is 0 Å². The number of pyridine rings is 1. The molecule has 0 fully saturated rings. The molecule has 2 aromatic heterocycles. The fourth-order valence-electron chi connectivity index (χ4n) is 3.64. The van der Waals surface area contributed by atoms with Crippen molar-refractivity contribution < 1.29 is 0 Å². The number of aryl methyl sites for hydroxylation is 1. The van der Waals surface area contributed by atoms with Gasteiger partial charge in [-0.25, -0.2) is 0 Å². The molecule has 2 heterocycles. The van der Waals surface area contributed by atoms with Crippen molar-refractivity contribution in [1.29, 1.82) is 0 Å². The van der Waals surface area contributed by atoms with Crippen LogP contribution >= 0.6 is 0 Å². The maximum Gasteiger partial charge on any atom is 0.205 e. The number of rotatable bonds is 4. The van der Waals surface area contributed by atoms with Gasteiger partial charge in [-0.2, -0.15) is 5.21 Å². The number of hydrogen-bond donors (Lipinski definition) is 1. The number of H-pyrrole nitrogens is 1. The monoisotopic (exact) mass is 389 g/mol. The van der Waals surface area contributed by atoms with Gasteiger partial charge in [0.15, 0.2) is 0 Å². The third-order valence-electron chi connectivity index (χ3n) is 5.07. The highest BCUT2D eigenvalue weighted by molar-refractivity contribution is 5.91. The van der Waals surface area contributed by atoms with Crippen LogP contribution in [0.4, 0.5) is 0 Å². The number of fused-ring (bicyclic) bond motifs is 1. The van der Waals surface area contributed by atoms with E-state index in [1.807, 2.05) is 37.3 Å². The summed E-state index contributed by atoms with van der Waals surface area (Å²) in [5.41, 5.74) is 7.47. The Morgan fingerprint density at radius 2 is 1.57 bits per heavy atom. The first-order valence-corrected chi connectivity index (χ1v) is 9.76. The molecule has 5 nitrogen and oxygen atoms in total. The number of benzene rings is 3. The van der Waals surface area contributed by atoms with Gasteiger partial charge >= 0.3 is 0 Å². The van der Waals surface area contributed by atoms with Crippen LogP contribution in [0.25, 0.3) is 45.6 Å². The zero-order valence-corrected chi connectivity index (χ0v) is 16.4. The Morgan fingerprint density at radius 1 is 0.800 bits per heavy atom. The Bertz CT molecular complexity index is 1340.